The van der Waals surface area contributed by atoms with E-state index in [1.807, 2.05) is 31.2 Å². The van der Waals surface area contributed by atoms with Gasteiger partial charge in [-0.2, -0.15) is 5.26 Å². The van der Waals surface area contributed by atoms with Crippen molar-refractivity contribution in [2.24, 2.45) is 0 Å². The molecule has 0 aliphatic rings. The second kappa shape index (κ2) is 5.86. The smallest absolute Gasteiger partial charge is 0.139 e. The number of ether oxygens (including phenoxy) is 1. The van der Waals surface area contributed by atoms with Crippen LogP contribution in [-0.2, 0) is 6.42 Å². The Kier molecular flexibility index (Phi) is 3.75. The van der Waals surface area contributed by atoms with E-state index < -0.39 is 0 Å². The molecule has 4 nitrogen and oxygen atoms in total. The predicted octanol–water partition coefficient (Wildman–Crippen LogP) is 3.61. The minimum Gasteiger partial charge on any atom is -0.494 e. The molecular weight excluding hydrogens is 281 g/mol. The molecule has 0 spiro atoms. The van der Waals surface area contributed by atoms with Gasteiger partial charge in [-0.25, -0.2) is 9.37 Å². The predicted molar refractivity (Wildman–Crippen MR) is 81.1 cm³/mol. The average molecular weight is 295 g/mol. The van der Waals surface area contributed by atoms with Gasteiger partial charge in [0, 0.05) is 11.8 Å². The molecule has 0 radical (unpaired) electrons. The van der Waals surface area contributed by atoms with Crippen molar-refractivity contribution in [3.05, 3.63) is 54.1 Å². The minimum absolute atomic E-state index is 0.160. The van der Waals surface area contributed by atoms with Crippen molar-refractivity contribution in [3.8, 4) is 23.1 Å². The first-order valence-corrected chi connectivity index (χ1v) is 6.99. The Hall–Kier alpha value is -2.87. The third kappa shape index (κ3) is 2.51. The number of pyridine rings is 1. The number of nitriles is 1. The molecule has 3 aromatic rings. The largest absolute Gasteiger partial charge is 0.494 e. The molecule has 0 N–H and O–H groups in total. The van der Waals surface area contributed by atoms with Crippen molar-refractivity contribution >= 4 is 5.65 Å². The summed E-state index contributed by atoms with van der Waals surface area (Å²) < 4.78 is 20.5. The fraction of sp³-hybridized carbons (Fsp3) is 0.176. The van der Waals surface area contributed by atoms with Crippen molar-refractivity contribution in [2.45, 2.75) is 13.3 Å². The number of hydrogen-bond acceptors (Lipinski definition) is 3. The maximum Gasteiger partial charge on any atom is 0.139 e. The molecule has 0 aliphatic heterocycles. The van der Waals surface area contributed by atoms with Gasteiger partial charge in [0.15, 0.2) is 0 Å². The maximum atomic E-state index is 13.5. The third-order valence-corrected chi connectivity index (χ3v) is 3.37. The second-order valence-electron chi connectivity index (χ2n) is 4.77. The van der Waals surface area contributed by atoms with Crippen molar-refractivity contribution in [3.63, 3.8) is 0 Å². The Morgan fingerprint density at radius 2 is 2.00 bits per heavy atom. The zero-order chi connectivity index (χ0) is 15.5. The van der Waals surface area contributed by atoms with E-state index in [9.17, 15) is 4.39 Å². The summed E-state index contributed by atoms with van der Waals surface area (Å²) in [5, 5.41) is 9.05. The number of halogens is 1. The molecule has 0 bridgehead atoms. The molecule has 0 aliphatic carbocycles. The van der Waals surface area contributed by atoms with Crippen LogP contribution in [0.4, 0.5) is 4.39 Å². The summed E-state index contributed by atoms with van der Waals surface area (Å²) in [4.78, 5) is 4.52. The van der Waals surface area contributed by atoms with Gasteiger partial charge in [-0.05, 0) is 43.3 Å². The first kappa shape index (κ1) is 14.1. The van der Waals surface area contributed by atoms with E-state index >= 15 is 0 Å². The lowest BCUT2D eigenvalue weighted by Crippen LogP contribution is -1.95. The lowest BCUT2D eigenvalue weighted by molar-refractivity contribution is 0.340. The maximum absolute atomic E-state index is 13.5. The quantitative estimate of drug-likeness (QED) is 0.739. The number of rotatable bonds is 4. The number of nitrogens with zero attached hydrogens (tertiary/aromatic N) is 3. The highest BCUT2D eigenvalue weighted by atomic mass is 19.1. The van der Waals surface area contributed by atoms with E-state index in [2.05, 4.69) is 11.1 Å². The standard InChI is InChI=1S/C17H14FN3O/c1-2-22-14-6-3-12(4-7-14)17-15(9-10-19)21-11-13(18)5-8-16(21)20-17/h3-8,11H,2,9H2,1H3. The van der Waals surface area contributed by atoms with E-state index in [4.69, 9.17) is 10.00 Å². The number of imidazole rings is 1. The van der Waals surface area contributed by atoms with Crippen LogP contribution in [0.25, 0.3) is 16.9 Å². The fourth-order valence-electron chi connectivity index (χ4n) is 2.42. The van der Waals surface area contributed by atoms with Gasteiger partial charge in [0.05, 0.1) is 30.5 Å². The molecule has 2 heterocycles. The SMILES string of the molecule is CCOc1ccc(-c2nc3ccc(F)cn3c2CC#N)cc1. The zero-order valence-electron chi connectivity index (χ0n) is 12.1. The monoisotopic (exact) mass is 295 g/mol. The van der Waals surface area contributed by atoms with Crippen LogP contribution in [0.15, 0.2) is 42.6 Å². The number of fused-ring (bicyclic) bond motifs is 1. The molecule has 1 aromatic carbocycles. The van der Waals surface area contributed by atoms with E-state index in [1.165, 1.54) is 12.3 Å². The van der Waals surface area contributed by atoms with Gasteiger partial charge >= 0.3 is 0 Å². The van der Waals surface area contributed by atoms with Crippen LogP contribution < -0.4 is 4.74 Å². The van der Waals surface area contributed by atoms with Crippen LogP contribution in [0.3, 0.4) is 0 Å². The van der Waals surface area contributed by atoms with Gasteiger partial charge in [0.1, 0.15) is 17.2 Å². The van der Waals surface area contributed by atoms with Crippen LogP contribution >= 0.6 is 0 Å². The summed E-state index contributed by atoms with van der Waals surface area (Å²) in [6.45, 7) is 2.53. The van der Waals surface area contributed by atoms with Crippen molar-refractivity contribution in [2.75, 3.05) is 6.61 Å². The Morgan fingerprint density at radius 1 is 1.23 bits per heavy atom. The van der Waals surface area contributed by atoms with Crippen molar-refractivity contribution < 1.29 is 9.13 Å². The van der Waals surface area contributed by atoms with Gasteiger partial charge in [-0.1, -0.05) is 0 Å². The highest BCUT2D eigenvalue weighted by Gasteiger charge is 2.14. The Balaban J connectivity index is 2.13. The van der Waals surface area contributed by atoms with Crippen molar-refractivity contribution in [1.82, 2.24) is 9.38 Å². The van der Waals surface area contributed by atoms with Crippen LogP contribution in [0.5, 0.6) is 5.75 Å². The van der Waals surface area contributed by atoms with E-state index in [0.29, 0.717) is 23.6 Å². The highest BCUT2D eigenvalue weighted by molar-refractivity contribution is 5.67. The molecule has 3 rings (SSSR count). The van der Waals surface area contributed by atoms with Gasteiger partial charge in [-0.3, -0.25) is 4.40 Å². The molecule has 5 heteroatoms. The first-order chi connectivity index (χ1) is 10.7. The van der Waals surface area contributed by atoms with Gasteiger partial charge < -0.3 is 4.74 Å². The molecule has 0 fully saturated rings. The number of aromatic nitrogens is 2. The van der Waals surface area contributed by atoms with Crippen molar-refractivity contribution in [1.29, 1.82) is 5.26 Å². The first-order valence-electron chi connectivity index (χ1n) is 6.99. The van der Waals surface area contributed by atoms with Gasteiger partial charge in [0.25, 0.3) is 0 Å². The van der Waals surface area contributed by atoms with Crippen LogP contribution in [0.2, 0.25) is 0 Å². The summed E-state index contributed by atoms with van der Waals surface area (Å²) in [6.07, 6.45) is 1.51. The van der Waals surface area contributed by atoms with E-state index in [-0.39, 0.29) is 12.2 Å². The topological polar surface area (TPSA) is 50.3 Å². The Labute approximate surface area is 127 Å². The summed E-state index contributed by atoms with van der Waals surface area (Å²) in [5.41, 5.74) is 2.87. The molecule has 0 saturated heterocycles. The Morgan fingerprint density at radius 3 is 2.68 bits per heavy atom. The number of benzene rings is 1. The van der Waals surface area contributed by atoms with E-state index in [1.54, 1.807) is 10.5 Å². The van der Waals surface area contributed by atoms with E-state index in [0.717, 1.165) is 11.3 Å². The summed E-state index contributed by atoms with van der Waals surface area (Å²) >= 11 is 0. The van der Waals surface area contributed by atoms with Crippen LogP contribution in [0, 0.1) is 17.1 Å². The molecule has 0 amide bonds. The molecular formula is C17H14FN3O. The summed E-state index contributed by atoms with van der Waals surface area (Å²) in [5.74, 6) is 0.422. The third-order valence-electron chi connectivity index (χ3n) is 3.37. The fourth-order valence-corrected chi connectivity index (χ4v) is 2.42. The van der Waals surface area contributed by atoms with Gasteiger partial charge in [-0.15, -0.1) is 0 Å². The Bertz CT molecular complexity index is 847. The molecule has 110 valence electrons. The lowest BCUT2D eigenvalue weighted by Gasteiger charge is -2.05. The van der Waals surface area contributed by atoms with Gasteiger partial charge in [0.2, 0.25) is 0 Å². The van der Waals surface area contributed by atoms with Crippen LogP contribution in [0.1, 0.15) is 12.6 Å². The zero-order valence-corrected chi connectivity index (χ0v) is 12.1. The normalized spacial score (nSPS) is 10.6. The summed E-state index contributed by atoms with van der Waals surface area (Å²) in [6, 6.07) is 12.6. The summed E-state index contributed by atoms with van der Waals surface area (Å²) in [7, 11) is 0. The minimum atomic E-state index is -0.359. The molecule has 2 aromatic heterocycles. The van der Waals surface area contributed by atoms with Crippen LogP contribution in [-0.4, -0.2) is 16.0 Å². The highest BCUT2D eigenvalue weighted by Crippen LogP contribution is 2.27. The average Bonchev–Trinajstić information content (AvgIpc) is 2.87. The lowest BCUT2D eigenvalue weighted by atomic mass is 10.1. The second-order valence-corrected chi connectivity index (χ2v) is 4.77. The number of hydrogen-bond donors (Lipinski definition) is 0. The molecule has 0 unspecified atom stereocenters. The molecule has 0 saturated carbocycles. The molecule has 0 atom stereocenters. The molecule has 22 heavy (non-hydrogen) atoms.